The van der Waals surface area contributed by atoms with Crippen LogP contribution in [0.5, 0.6) is 0 Å². The Bertz CT molecular complexity index is 2120. The van der Waals surface area contributed by atoms with E-state index in [1.165, 1.54) is 0 Å². The normalized spacial score (nSPS) is 11.1. The molecular formula is C45H35O2P. The molecule has 2 nitrogen and oxygen atoms in total. The third kappa shape index (κ3) is 6.32. The molecule has 0 bridgehead atoms. The molecule has 0 unspecified atom stereocenters. The van der Waals surface area contributed by atoms with Gasteiger partial charge >= 0.3 is 5.97 Å². The Hall–Kier alpha value is -5.69. The summed E-state index contributed by atoms with van der Waals surface area (Å²) in [4.78, 5) is 14.2. The molecule has 232 valence electrons. The quantitative estimate of drug-likeness (QED) is 0.116. The zero-order valence-electron chi connectivity index (χ0n) is 26.5. The van der Waals surface area contributed by atoms with Crippen molar-refractivity contribution in [1.82, 2.24) is 0 Å². The molecule has 48 heavy (non-hydrogen) atoms. The maximum absolute atomic E-state index is 14.2. The van der Waals surface area contributed by atoms with Gasteiger partial charge in [0.1, 0.15) is 6.61 Å². The number of benzene rings is 7. The fourth-order valence-corrected chi connectivity index (χ4v) is 10.3. The van der Waals surface area contributed by atoms with Gasteiger partial charge in [0.2, 0.25) is 0 Å². The van der Waals surface area contributed by atoms with E-state index in [2.05, 4.69) is 152 Å². The highest BCUT2D eigenvalue weighted by Gasteiger charge is 2.32. The molecule has 0 aliphatic carbocycles. The topological polar surface area (TPSA) is 26.3 Å². The van der Waals surface area contributed by atoms with Gasteiger partial charge in [0.25, 0.3) is 0 Å². The molecule has 0 heterocycles. The van der Waals surface area contributed by atoms with Crippen LogP contribution in [0.1, 0.15) is 5.56 Å². The molecule has 0 radical (unpaired) electrons. The molecule has 7 aromatic carbocycles. The first-order valence-corrected chi connectivity index (χ1v) is 18.0. The summed E-state index contributed by atoms with van der Waals surface area (Å²) in [5.74, 6) is 1.55. The number of rotatable bonds is 9. The Labute approximate surface area is 282 Å². The Morgan fingerprint density at radius 1 is 0.458 bits per heavy atom. The third-order valence-electron chi connectivity index (χ3n) is 8.62. The molecule has 0 aliphatic heterocycles. The van der Waals surface area contributed by atoms with Gasteiger partial charge in [-0.15, -0.1) is 0 Å². The first kappa shape index (κ1) is 30.9. The van der Waals surface area contributed by atoms with E-state index < -0.39 is 6.89 Å². The summed E-state index contributed by atoms with van der Waals surface area (Å²) in [6.07, 6.45) is 0. The second-order valence-electron chi connectivity index (χ2n) is 11.6. The summed E-state index contributed by atoms with van der Waals surface area (Å²) in [7, 11) is 0. The number of hydrogen-bond acceptors (Lipinski definition) is 2. The van der Waals surface area contributed by atoms with Crippen LogP contribution in [0.25, 0.3) is 33.4 Å². The summed E-state index contributed by atoms with van der Waals surface area (Å²) < 4.78 is 6.03. The van der Waals surface area contributed by atoms with Gasteiger partial charge < -0.3 is 4.74 Å². The fourth-order valence-electron chi connectivity index (χ4n) is 6.44. The zero-order chi connectivity index (χ0) is 32.6. The van der Waals surface area contributed by atoms with Gasteiger partial charge in [-0.2, -0.15) is 0 Å². The minimum atomic E-state index is -2.79. The van der Waals surface area contributed by atoms with E-state index in [-0.39, 0.29) is 12.6 Å². The molecule has 0 amide bonds. The van der Waals surface area contributed by atoms with Crippen molar-refractivity contribution in [3.8, 4) is 33.4 Å². The Morgan fingerprint density at radius 2 is 0.875 bits per heavy atom. The molecule has 0 aromatic heterocycles. The standard InChI is InChI=1S/C45H35O2P/c46-43(47-33-35-19-7-1-8-20-35)34-48(39-27-15-5-16-28-39,40-29-17-6-18-30-40)42-32-31-41(36-21-9-2-10-22-36)44(37-23-11-3-12-24-37)45(42)38-25-13-4-14-26-38/h1-32,34H,33H2. The molecule has 0 spiro atoms. The smallest absolute Gasteiger partial charge is 0.332 e. The minimum Gasteiger partial charge on any atom is -0.458 e. The van der Waals surface area contributed by atoms with E-state index in [4.69, 9.17) is 4.74 Å². The number of carbonyl (C=O) groups is 1. The lowest BCUT2D eigenvalue weighted by Crippen LogP contribution is -2.30. The molecule has 0 saturated heterocycles. The molecule has 3 heteroatoms. The second-order valence-corrected chi connectivity index (χ2v) is 14.8. The summed E-state index contributed by atoms with van der Waals surface area (Å²) in [6.45, 7) is -2.59. The van der Waals surface area contributed by atoms with Crippen LogP contribution >= 0.6 is 6.89 Å². The Balaban J connectivity index is 1.60. The predicted molar refractivity (Wildman–Crippen MR) is 204 cm³/mol. The summed E-state index contributed by atoms with van der Waals surface area (Å²) in [5.41, 5.74) is 7.66. The van der Waals surface area contributed by atoms with Crippen molar-refractivity contribution in [1.29, 1.82) is 0 Å². The van der Waals surface area contributed by atoms with Crippen LogP contribution in [0.2, 0.25) is 0 Å². The SMILES string of the molecule is O=C(C=P(c1ccccc1)(c1ccccc1)c1ccc(-c2ccccc2)c(-c2ccccc2)c1-c1ccccc1)OCc1ccccc1. The average molecular weight is 639 g/mol. The van der Waals surface area contributed by atoms with E-state index in [0.29, 0.717) is 0 Å². The first-order valence-electron chi connectivity index (χ1n) is 16.1. The molecule has 7 rings (SSSR count). The van der Waals surface area contributed by atoms with Crippen molar-refractivity contribution in [2.45, 2.75) is 6.61 Å². The van der Waals surface area contributed by atoms with Gasteiger partial charge in [0.05, 0.1) is 0 Å². The highest BCUT2D eigenvalue weighted by molar-refractivity contribution is 7.95. The first-order chi connectivity index (χ1) is 23.7. The maximum atomic E-state index is 14.2. The number of carbonyl (C=O) groups excluding carboxylic acids is 1. The van der Waals surface area contributed by atoms with Crippen LogP contribution in [0, 0.1) is 0 Å². The highest BCUT2D eigenvalue weighted by Crippen LogP contribution is 2.50. The maximum Gasteiger partial charge on any atom is 0.332 e. The van der Waals surface area contributed by atoms with Crippen LogP contribution in [-0.2, 0) is 16.1 Å². The average Bonchev–Trinajstić information content (AvgIpc) is 3.18. The molecular weight excluding hydrogens is 603 g/mol. The number of ether oxygens (including phenoxy) is 1. The second kappa shape index (κ2) is 14.4. The number of hydrogen-bond donors (Lipinski definition) is 0. The van der Waals surface area contributed by atoms with Crippen LogP contribution in [0.15, 0.2) is 194 Å². The largest absolute Gasteiger partial charge is 0.458 e. The van der Waals surface area contributed by atoms with Crippen molar-refractivity contribution < 1.29 is 9.53 Å². The molecule has 0 atom stereocenters. The molecule has 0 N–H and O–H groups in total. The van der Waals surface area contributed by atoms with E-state index >= 15 is 0 Å². The molecule has 7 aromatic rings. The lowest BCUT2D eigenvalue weighted by molar-refractivity contribution is -0.136. The van der Waals surface area contributed by atoms with Gasteiger partial charge in [-0.05, 0) is 61.7 Å². The van der Waals surface area contributed by atoms with Crippen LogP contribution in [0.3, 0.4) is 0 Å². The van der Waals surface area contributed by atoms with E-state index in [1.807, 2.05) is 48.3 Å². The third-order valence-corrected chi connectivity index (χ3v) is 12.6. The van der Waals surface area contributed by atoms with Crippen LogP contribution in [-0.4, -0.2) is 11.8 Å². The van der Waals surface area contributed by atoms with Crippen LogP contribution in [0.4, 0.5) is 0 Å². The van der Waals surface area contributed by atoms with Crippen molar-refractivity contribution in [3.63, 3.8) is 0 Å². The van der Waals surface area contributed by atoms with Gasteiger partial charge in [-0.3, -0.25) is 0 Å². The Morgan fingerprint density at radius 3 is 1.38 bits per heavy atom. The highest BCUT2D eigenvalue weighted by atomic mass is 31.2. The summed E-state index contributed by atoms with van der Waals surface area (Å²) in [5, 5.41) is 3.26. The fraction of sp³-hybridized carbons (Fsp3) is 0.0222. The Kier molecular flexibility index (Phi) is 9.27. The van der Waals surface area contributed by atoms with Crippen molar-refractivity contribution in [2.24, 2.45) is 0 Å². The van der Waals surface area contributed by atoms with E-state index in [0.717, 1.165) is 54.9 Å². The van der Waals surface area contributed by atoms with E-state index in [1.54, 1.807) is 0 Å². The lowest BCUT2D eigenvalue weighted by atomic mass is 9.87. The van der Waals surface area contributed by atoms with Gasteiger partial charge in [-0.1, -0.05) is 194 Å². The van der Waals surface area contributed by atoms with Crippen LogP contribution < -0.4 is 15.9 Å². The van der Waals surface area contributed by atoms with Crippen molar-refractivity contribution >= 4 is 34.6 Å². The van der Waals surface area contributed by atoms with E-state index in [9.17, 15) is 4.79 Å². The summed E-state index contributed by atoms with van der Waals surface area (Å²) in [6, 6.07) is 67.0. The van der Waals surface area contributed by atoms with Gasteiger partial charge in [0.15, 0.2) is 0 Å². The van der Waals surface area contributed by atoms with Crippen molar-refractivity contribution in [3.05, 3.63) is 200 Å². The van der Waals surface area contributed by atoms with Crippen molar-refractivity contribution in [2.75, 3.05) is 0 Å². The molecule has 0 fully saturated rings. The predicted octanol–water partition coefficient (Wildman–Crippen LogP) is 9.53. The minimum absolute atomic E-state index is 0.202. The number of esters is 1. The zero-order valence-corrected chi connectivity index (χ0v) is 27.4. The van der Waals surface area contributed by atoms with Gasteiger partial charge in [-0.25, -0.2) is 4.79 Å². The lowest BCUT2D eigenvalue weighted by Gasteiger charge is -2.32. The van der Waals surface area contributed by atoms with Gasteiger partial charge in [0, 0.05) is 5.80 Å². The monoisotopic (exact) mass is 638 g/mol. The molecule has 0 saturated carbocycles. The summed E-state index contributed by atoms with van der Waals surface area (Å²) >= 11 is 0. The molecule has 0 aliphatic rings.